The molecule has 2 aromatic carbocycles. The molecule has 0 saturated heterocycles. The van der Waals surface area contributed by atoms with Crippen LogP contribution in [0, 0.1) is 0 Å². The summed E-state index contributed by atoms with van der Waals surface area (Å²) in [5, 5.41) is 2.55. The summed E-state index contributed by atoms with van der Waals surface area (Å²) in [6.07, 6.45) is 3.16. The fourth-order valence-electron chi connectivity index (χ4n) is 3.20. The first-order valence-electron chi connectivity index (χ1n) is 8.81. The minimum Gasteiger partial charge on any atom is -0.485 e. The number of benzene rings is 2. The van der Waals surface area contributed by atoms with E-state index in [9.17, 15) is 18.0 Å². The average Bonchev–Trinajstić information content (AvgIpc) is 3.05. The van der Waals surface area contributed by atoms with E-state index in [0.717, 1.165) is 23.4 Å². The highest BCUT2D eigenvalue weighted by molar-refractivity contribution is 5.91. The van der Waals surface area contributed by atoms with Gasteiger partial charge in [0, 0.05) is 17.2 Å². The van der Waals surface area contributed by atoms with Gasteiger partial charge in [0.15, 0.2) is 6.61 Å². The number of carbonyl (C=O) groups excluding carboxylic acids is 1. The molecule has 1 heterocycles. The number of fused-ring (bicyclic) bond motifs is 3. The van der Waals surface area contributed by atoms with Crippen LogP contribution in [0.15, 0.2) is 66.8 Å². The van der Waals surface area contributed by atoms with E-state index in [2.05, 4.69) is 16.1 Å². The number of hydrogen-bond donors (Lipinski definition) is 1. The summed E-state index contributed by atoms with van der Waals surface area (Å²) >= 11 is 0. The number of amides is 1. The van der Waals surface area contributed by atoms with Gasteiger partial charge in [0.05, 0.1) is 0 Å². The van der Waals surface area contributed by atoms with Gasteiger partial charge in [-0.25, -0.2) is 0 Å². The van der Waals surface area contributed by atoms with Crippen molar-refractivity contribution in [2.24, 2.45) is 0 Å². The first-order chi connectivity index (χ1) is 13.9. The zero-order valence-corrected chi connectivity index (χ0v) is 15.0. The Labute approximate surface area is 164 Å². The summed E-state index contributed by atoms with van der Waals surface area (Å²) < 4.78 is 51.7. The average molecular weight is 403 g/mol. The lowest BCUT2D eigenvalue weighted by atomic mass is 9.92. The van der Waals surface area contributed by atoms with Crippen LogP contribution in [-0.4, -0.2) is 25.0 Å². The van der Waals surface area contributed by atoms with Gasteiger partial charge in [0.25, 0.3) is 5.91 Å². The minimum atomic E-state index is -4.76. The summed E-state index contributed by atoms with van der Waals surface area (Å²) in [6.45, 7) is -0.246. The second-order valence-electron chi connectivity index (χ2n) is 6.49. The first kappa shape index (κ1) is 18.9. The zero-order valence-electron chi connectivity index (χ0n) is 15.0. The zero-order chi connectivity index (χ0) is 20.4. The molecule has 0 radical (unpaired) electrons. The molecular formula is C21H16F3NO4. The van der Waals surface area contributed by atoms with Crippen LogP contribution >= 0.6 is 0 Å². The normalized spacial score (nSPS) is 19.1. The van der Waals surface area contributed by atoms with Crippen molar-refractivity contribution in [3.63, 3.8) is 0 Å². The SMILES string of the molecule is O=C(COc1ccc2c(c1)C1C=CC=CC1O2)Nc1ccc(OC(F)(F)F)cc1. The molecule has 0 bridgehead atoms. The van der Waals surface area contributed by atoms with Crippen molar-refractivity contribution in [3.8, 4) is 17.2 Å². The highest BCUT2D eigenvalue weighted by Gasteiger charge is 2.32. The maximum Gasteiger partial charge on any atom is 0.573 e. The van der Waals surface area contributed by atoms with Crippen molar-refractivity contribution >= 4 is 11.6 Å². The molecule has 0 spiro atoms. The van der Waals surface area contributed by atoms with Crippen molar-refractivity contribution in [3.05, 3.63) is 72.3 Å². The van der Waals surface area contributed by atoms with Crippen LogP contribution in [0.3, 0.4) is 0 Å². The molecule has 0 fully saturated rings. The van der Waals surface area contributed by atoms with Crippen LogP contribution < -0.4 is 19.5 Å². The summed E-state index contributed by atoms with van der Waals surface area (Å²) in [7, 11) is 0. The molecule has 8 heteroatoms. The number of allylic oxidation sites excluding steroid dienone is 2. The van der Waals surface area contributed by atoms with Gasteiger partial charge in [-0.15, -0.1) is 13.2 Å². The van der Waals surface area contributed by atoms with E-state index in [-0.39, 0.29) is 24.4 Å². The van der Waals surface area contributed by atoms with Crippen molar-refractivity contribution in [1.29, 1.82) is 0 Å². The van der Waals surface area contributed by atoms with Crippen LogP contribution in [0.5, 0.6) is 17.2 Å². The van der Waals surface area contributed by atoms with Gasteiger partial charge in [0.1, 0.15) is 23.4 Å². The predicted molar refractivity (Wildman–Crippen MR) is 99.1 cm³/mol. The number of nitrogens with one attached hydrogen (secondary N) is 1. The summed E-state index contributed by atoms with van der Waals surface area (Å²) in [4.78, 5) is 12.1. The van der Waals surface area contributed by atoms with Gasteiger partial charge in [-0.2, -0.15) is 0 Å². The molecule has 2 aromatic rings. The molecule has 5 nitrogen and oxygen atoms in total. The van der Waals surface area contributed by atoms with Gasteiger partial charge >= 0.3 is 6.36 Å². The second-order valence-corrected chi connectivity index (χ2v) is 6.49. The Morgan fingerprint density at radius 2 is 1.76 bits per heavy atom. The number of carbonyl (C=O) groups is 1. The van der Waals surface area contributed by atoms with Crippen molar-refractivity contribution < 1.29 is 32.2 Å². The van der Waals surface area contributed by atoms with Crippen LogP contribution in [0.4, 0.5) is 18.9 Å². The van der Waals surface area contributed by atoms with Gasteiger partial charge in [-0.1, -0.05) is 18.2 Å². The fraction of sp³-hybridized carbons (Fsp3) is 0.190. The number of rotatable bonds is 5. The molecular weight excluding hydrogens is 387 g/mol. The molecule has 4 rings (SSSR count). The first-order valence-corrected chi connectivity index (χ1v) is 8.81. The lowest BCUT2D eigenvalue weighted by Gasteiger charge is -2.14. The standard InChI is InChI=1S/C21H16F3NO4/c22-21(23,24)29-14-7-5-13(6-8-14)25-20(26)12-27-15-9-10-19-17(11-15)16-3-1-2-4-18(16)28-19/h1-11,16,18H,12H2,(H,25,26). The molecule has 1 aliphatic carbocycles. The molecule has 150 valence electrons. The Morgan fingerprint density at radius 3 is 2.52 bits per heavy atom. The van der Waals surface area contributed by atoms with Gasteiger partial charge in [-0.3, -0.25) is 4.79 Å². The molecule has 2 aliphatic rings. The van der Waals surface area contributed by atoms with E-state index in [4.69, 9.17) is 9.47 Å². The van der Waals surface area contributed by atoms with E-state index in [1.54, 1.807) is 6.07 Å². The van der Waals surface area contributed by atoms with E-state index < -0.39 is 12.3 Å². The van der Waals surface area contributed by atoms with Crippen LogP contribution in [-0.2, 0) is 4.79 Å². The van der Waals surface area contributed by atoms with Crippen LogP contribution in [0.25, 0.3) is 0 Å². The van der Waals surface area contributed by atoms with Crippen molar-refractivity contribution in [1.82, 2.24) is 0 Å². The van der Waals surface area contributed by atoms with E-state index in [0.29, 0.717) is 11.4 Å². The summed E-state index contributed by atoms with van der Waals surface area (Å²) in [6, 6.07) is 10.2. The van der Waals surface area contributed by atoms with Gasteiger partial charge in [0.2, 0.25) is 0 Å². The Hall–Kier alpha value is -3.42. The fourth-order valence-corrected chi connectivity index (χ4v) is 3.20. The third-order valence-corrected chi connectivity index (χ3v) is 4.43. The van der Waals surface area contributed by atoms with E-state index >= 15 is 0 Å². The van der Waals surface area contributed by atoms with Gasteiger partial charge in [-0.05, 0) is 48.5 Å². The number of anilines is 1. The lowest BCUT2D eigenvalue weighted by Crippen LogP contribution is -2.20. The smallest absolute Gasteiger partial charge is 0.485 e. The maximum atomic E-state index is 12.2. The highest BCUT2D eigenvalue weighted by Crippen LogP contribution is 2.42. The predicted octanol–water partition coefficient (Wildman–Crippen LogP) is 4.57. The lowest BCUT2D eigenvalue weighted by molar-refractivity contribution is -0.274. The number of halogens is 3. The molecule has 1 amide bonds. The largest absolute Gasteiger partial charge is 0.573 e. The minimum absolute atomic E-state index is 0.0298. The topological polar surface area (TPSA) is 56.8 Å². The monoisotopic (exact) mass is 403 g/mol. The molecule has 29 heavy (non-hydrogen) atoms. The van der Waals surface area contributed by atoms with E-state index in [1.165, 1.54) is 12.1 Å². The number of alkyl halides is 3. The summed E-state index contributed by atoms with van der Waals surface area (Å²) in [5.74, 6) is 0.626. The van der Waals surface area contributed by atoms with Crippen molar-refractivity contribution in [2.45, 2.75) is 18.4 Å². The third kappa shape index (κ3) is 4.53. The Morgan fingerprint density at radius 1 is 1.03 bits per heavy atom. The molecule has 1 N–H and O–H groups in total. The van der Waals surface area contributed by atoms with Crippen molar-refractivity contribution in [2.75, 3.05) is 11.9 Å². The number of hydrogen-bond acceptors (Lipinski definition) is 4. The second kappa shape index (κ2) is 7.54. The number of ether oxygens (including phenoxy) is 3. The maximum absolute atomic E-state index is 12.2. The molecule has 0 aromatic heterocycles. The highest BCUT2D eigenvalue weighted by atomic mass is 19.4. The summed E-state index contributed by atoms with van der Waals surface area (Å²) in [5.41, 5.74) is 1.33. The third-order valence-electron chi connectivity index (χ3n) is 4.43. The quantitative estimate of drug-likeness (QED) is 0.795. The molecule has 1 aliphatic heterocycles. The van der Waals surface area contributed by atoms with Crippen LogP contribution in [0.1, 0.15) is 11.5 Å². The van der Waals surface area contributed by atoms with Crippen LogP contribution in [0.2, 0.25) is 0 Å². The van der Waals surface area contributed by atoms with E-state index in [1.807, 2.05) is 30.4 Å². The molecule has 2 unspecified atom stereocenters. The Bertz CT molecular complexity index is 967. The molecule has 2 atom stereocenters. The van der Waals surface area contributed by atoms with Gasteiger partial charge < -0.3 is 19.5 Å². The Balaban J connectivity index is 1.33. The Kier molecular flexibility index (Phi) is 4.92. The molecule has 0 saturated carbocycles.